The topological polar surface area (TPSA) is 84.0 Å². The molecule has 0 heterocycles. The van der Waals surface area contributed by atoms with Gasteiger partial charge in [0.15, 0.2) is 0 Å². The second-order valence-electron chi connectivity index (χ2n) is 4.15. The van der Waals surface area contributed by atoms with Gasteiger partial charge in [0.05, 0.1) is 6.61 Å². The van der Waals surface area contributed by atoms with Gasteiger partial charge in [-0.25, -0.2) is 0 Å². The Hall–Kier alpha value is -0.640. The Labute approximate surface area is 128 Å². The minimum atomic E-state index is -6.90. The first-order chi connectivity index (χ1) is 10.1. The summed E-state index contributed by atoms with van der Waals surface area (Å²) >= 11 is 0. The van der Waals surface area contributed by atoms with E-state index in [1.807, 2.05) is 0 Å². The third-order valence-electron chi connectivity index (χ3n) is 2.40. The molecule has 0 fully saturated rings. The Morgan fingerprint density at radius 2 is 1.30 bits per heavy atom. The van der Waals surface area contributed by atoms with Crippen LogP contribution in [0.1, 0.15) is 13.3 Å². The smallest absolute Gasteiger partial charge is 0.307 e. The highest BCUT2D eigenvalue weighted by atomic mass is 32.3. The van der Waals surface area contributed by atoms with Crippen LogP contribution in [0.4, 0.5) is 26.3 Å². The van der Waals surface area contributed by atoms with Crippen LogP contribution in [0.25, 0.3) is 0 Å². The molecule has 0 aromatic rings. The first-order valence-electron chi connectivity index (χ1n) is 5.83. The molecule has 15 heteroatoms. The predicted molar refractivity (Wildman–Crippen MR) is 65.5 cm³/mol. The molecule has 0 N–H and O–H groups in total. The number of hydrogen-bond donors (Lipinski definition) is 0. The maximum Gasteiger partial charge on any atom is 0.514 e. The summed E-state index contributed by atoms with van der Waals surface area (Å²) in [5.41, 5.74) is -12.6. The molecule has 0 amide bonds. The summed E-state index contributed by atoms with van der Waals surface area (Å²) < 4.78 is 116. The molecule has 0 aliphatic rings. The van der Waals surface area contributed by atoms with Crippen molar-refractivity contribution in [1.29, 1.82) is 0 Å². The molecule has 0 aliphatic carbocycles. The lowest BCUT2D eigenvalue weighted by Crippen LogP contribution is -2.49. The largest absolute Gasteiger partial charge is 0.514 e. The summed E-state index contributed by atoms with van der Waals surface area (Å²) in [6.07, 6.45) is -0.207. The summed E-state index contributed by atoms with van der Waals surface area (Å²) in [5.74, 6) is 0. The molecule has 140 valence electrons. The van der Waals surface area contributed by atoms with Gasteiger partial charge < -0.3 is 4.90 Å². The highest BCUT2D eigenvalue weighted by Gasteiger charge is 2.63. The van der Waals surface area contributed by atoms with Crippen LogP contribution in [-0.2, 0) is 24.9 Å². The van der Waals surface area contributed by atoms with Crippen molar-refractivity contribution in [2.24, 2.45) is 0 Å². The average Bonchev–Trinajstić information content (AvgIpc) is 2.34. The lowest BCUT2D eigenvalue weighted by Gasteiger charge is -2.23. The number of halogens is 6. The summed E-state index contributed by atoms with van der Waals surface area (Å²) in [4.78, 5) is 5.40. The van der Waals surface area contributed by atoms with Gasteiger partial charge in [0.1, 0.15) is 0 Å². The van der Waals surface area contributed by atoms with Crippen LogP contribution in [0.2, 0.25) is 0 Å². The first-order valence-corrected chi connectivity index (χ1v) is 8.71. The maximum absolute atomic E-state index is 12.3. The molecule has 0 atom stereocenters. The molecule has 0 unspecified atom stereocenters. The first kappa shape index (κ1) is 22.4. The van der Waals surface area contributed by atoms with Gasteiger partial charge >= 0.3 is 31.1 Å². The van der Waals surface area contributed by atoms with E-state index in [2.05, 4.69) is 4.84 Å². The van der Waals surface area contributed by atoms with Crippen molar-refractivity contribution in [3.63, 3.8) is 0 Å². The molecular formula is C8H14F6N2O5S2. The molecule has 0 saturated carbocycles. The molecule has 0 bridgehead atoms. The molecule has 23 heavy (non-hydrogen) atoms. The van der Waals surface area contributed by atoms with Crippen molar-refractivity contribution < 1.29 is 48.0 Å². The van der Waals surface area contributed by atoms with Crippen LogP contribution >= 0.6 is 0 Å². The molecular weight excluding hydrogens is 382 g/mol. The van der Waals surface area contributed by atoms with Crippen molar-refractivity contribution in [1.82, 2.24) is 8.77 Å². The van der Waals surface area contributed by atoms with E-state index in [1.54, 1.807) is 18.9 Å². The van der Waals surface area contributed by atoms with Gasteiger partial charge in [-0.3, -0.25) is 4.84 Å². The van der Waals surface area contributed by atoms with Crippen molar-refractivity contribution in [3.8, 4) is 0 Å². The minimum absolute atomic E-state index is 0.127. The summed E-state index contributed by atoms with van der Waals surface area (Å²) in [7, 11) is -12.2. The number of nitrogens with zero attached hydrogens (tertiary/aromatic N) is 2. The van der Waals surface area contributed by atoms with Crippen molar-refractivity contribution in [2.75, 3.05) is 26.7 Å². The van der Waals surface area contributed by atoms with E-state index < -0.39 is 41.5 Å². The standard InChI is InChI=1S/C8H14F6N2O5S2/c1-3-15(2)5-4-6-21-16(22(17,18)7(9,10)11)23(19,20)8(12,13)14/h3-6H2,1-2H3. The maximum atomic E-state index is 12.3. The fourth-order valence-corrected chi connectivity index (χ4v) is 3.37. The van der Waals surface area contributed by atoms with Crippen LogP contribution in [0.15, 0.2) is 0 Å². The van der Waals surface area contributed by atoms with E-state index in [1.165, 1.54) is 0 Å². The Morgan fingerprint density at radius 1 is 0.913 bits per heavy atom. The van der Waals surface area contributed by atoms with Gasteiger partial charge in [-0.05, 0) is 20.0 Å². The summed E-state index contributed by atoms with van der Waals surface area (Å²) in [6, 6.07) is 0. The average molecular weight is 396 g/mol. The number of sulfonamides is 2. The van der Waals surface area contributed by atoms with Crippen LogP contribution in [0.3, 0.4) is 0 Å². The Bertz CT molecular complexity index is 541. The summed E-state index contributed by atoms with van der Waals surface area (Å²) in [5, 5.41) is 0. The molecule has 0 saturated heterocycles. The van der Waals surface area contributed by atoms with Gasteiger partial charge in [-0.15, -0.1) is 0 Å². The van der Waals surface area contributed by atoms with Crippen molar-refractivity contribution in [2.45, 2.75) is 24.4 Å². The molecule has 0 aromatic heterocycles. The molecule has 0 spiro atoms. The Kier molecular flexibility index (Phi) is 7.29. The Balaban J connectivity index is 5.46. The van der Waals surface area contributed by atoms with E-state index in [-0.39, 0.29) is 13.0 Å². The normalized spacial score (nSPS) is 14.7. The lowest BCUT2D eigenvalue weighted by atomic mass is 10.4. The number of hydrogen-bond acceptors (Lipinski definition) is 6. The molecule has 7 nitrogen and oxygen atoms in total. The second-order valence-corrected chi connectivity index (χ2v) is 7.87. The van der Waals surface area contributed by atoms with Crippen LogP contribution < -0.4 is 0 Å². The van der Waals surface area contributed by atoms with Crippen molar-refractivity contribution >= 4 is 20.0 Å². The van der Waals surface area contributed by atoms with Crippen LogP contribution in [-0.4, -0.2) is 63.4 Å². The molecule has 0 radical (unpaired) electrons. The fourth-order valence-electron chi connectivity index (χ4n) is 1.07. The van der Waals surface area contributed by atoms with Gasteiger partial charge in [-0.1, -0.05) is 6.92 Å². The highest BCUT2D eigenvalue weighted by Crippen LogP contribution is 2.35. The number of rotatable bonds is 8. The van der Waals surface area contributed by atoms with Crippen molar-refractivity contribution in [3.05, 3.63) is 0 Å². The SMILES string of the molecule is CCN(C)CCCON(S(=O)(=O)C(F)(F)F)S(=O)(=O)C(F)(F)F. The lowest BCUT2D eigenvalue weighted by molar-refractivity contribution is -0.0925. The zero-order chi connectivity index (χ0) is 18.7. The monoisotopic (exact) mass is 396 g/mol. The quantitative estimate of drug-likeness (QED) is 0.349. The van der Waals surface area contributed by atoms with Crippen LogP contribution in [0.5, 0.6) is 0 Å². The van der Waals surface area contributed by atoms with Crippen LogP contribution in [0, 0.1) is 0 Å². The molecule has 0 aromatic carbocycles. The zero-order valence-corrected chi connectivity index (χ0v) is 13.5. The van der Waals surface area contributed by atoms with E-state index in [9.17, 15) is 43.2 Å². The third kappa shape index (κ3) is 5.44. The summed E-state index contributed by atoms with van der Waals surface area (Å²) in [6.45, 7) is 1.33. The van der Waals surface area contributed by atoms with E-state index in [4.69, 9.17) is 0 Å². The zero-order valence-electron chi connectivity index (χ0n) is 11.8. The molecule has 0 aliphatic heterocycles. The number of alkyl halides is 6. The van der Waals surface area contributed by atoms with Gasteiger partial charge in [-0.2, -0.15) is 43.2 Å². The second kappa shape index (κ2) is 7.50. The van der Waals surface area contributed by atoms with Gasteiger partial charge in [0, 0.05) is 10.4 Å². The van der Waals surface area contributed by atoms with Gasteiger partial charge in [0.25, 0.3) is 0 Å². The molecule has 0 rings (SSSR count). The predicted octanol–water partition coefficient (Wildman–Crippen LogP) is 1.26. The van der Waals surface area contributed by atoms with E-state index in [0.29, 0.717) is 6.54 Å². The highest BCUT2D eigenvalue weighted by molar-refractivity contribution is 8.04. The van der Waals surface area contributed by atoms with E-state index in [0.717, 1.165) is 0 Å². The third-order valence-corrected chi connectivity index (χ3v) is 5.74. The van der Waals surface area contributed by atoms with E-state index >= 15 is 0 Å². The Morgan fingerprint density at radius 3 is 1.61 bits per heavy atom. The van der Waals surface area contributed by atoms with Gasteiger partial charge in [0.2, 0.25) is 0 Å². The minimum Gasteiger partial charge on any atom is -0.307 e. The fraction of sp³-hybridized carbons (Fsp3) is 1.00.